The highest BCUT2D eigenvalue weighted by atomic mass is 79.9. The number of nitrogens with one attached hydrogen (secondary N) is 1. The highest BCUT2D eigenvalue weighted by molar-refractivity contribution is 9.10. The summed E-state index contributed by atoms with van der Waals surface area (Å²) in [4.78, 5) is 0. The van der Waals surface area contributed by atoms with Crippen LogP contribution in [0.25, 0.3) is 0 Å². The van der Waals surface area contributed by atoms with Crippen LogP contribution >= 0.6 is 15.9 Å². The van der Waals surface area contributed by atoms with Crippen molar-refractivity contribution >= 4 is 21.6 Å². The molecule has 2 aromatic carbocycles. The molecule has 1 nitrogen and oxygen atoms in total. The van der Waals surface area contributed by atoms with Gasteiger partial charge in [-0.15, -0.1) is 0 Å². The minimum Gasteiger partial charge on any atom is -0.387 e. The zero-order valence-corrected chi connectivity index (χ0v) is 12.0. The Morgan fingerprint density at radius 1 is 1.17 bits per heavy atom. The molecule has 2 rings (SSSR count). The Balaban J connectivity index is 2.46. The summed E-state index contributed by atoms with van der Waals surface area (Å²) in [6.07, 6.45) is 0.591. The Morgan fingerprint density at radius 3 is 2.56 bits per heavy atom. The average molecular weight is 308 g/mol. The molecule has 0 aliphatic rings. The van der Waals surface area contributed by atoms with Crippen LogP contribution in [0.15, 0.2) is 40.9 Å². The van der Waals surface area contributed by atoms with Gasteiger partial charge in [0, 0.05) is 23.5 Å². The third-order valence-electron chi connectivity index (χ3n) is 3.08. The zero-order chi connectivity index (χ0) is 13.1. The number of hydrogen-bond acceptors (Lipinski definition) is 1. The number of rotatable bonds is 3. The van der Waals surface area contributed by atoms with Crippen molar-refractivity contribution in [1.82, 2.24) is 0 Å². The lowest BCUT2D eigenvalue weighted by Crippen LogP contribution is -2.02. The van der Waals surface area contributed by atoms with Gasteiger partial charge in [0.25, 0.3) is 0 Å². The summed E-state index contributed by atoms with van der Waals surface area (Å²) in [7, 11) is 1.81. The zero-order valence-electron chi connectivity index (χ0n) is 10.4. The van der Waals surface area contributed by atoms with Crippen molar-refractivity contribution in [3.05, 3.63) is 63.4 Å². The molecule has 0 amide bonds. The van der Waals surface area contributed by atoms with Crippen LogP contribution in [-0.2, 0) is 6.42 Å². The number of aryl methyl sites for hydroxylation is 1. The van der Waals surface area contributed by atoms with Gasteiger partial charge in [0.1, 0.15) is 5.82 Å². The number of halogens is 2. The molecule has 0 unspecified atom stereocenters. The predicted molar refractivity (Wildman–Crippen MR) is 77.6 cm³/mol. The minimum atomic E-state index is -0.175. The van der Waals surface area contributed by atoms with E-state index in [9.17, 15) is 4.39 Å². The minimum absolute atomic E-state index is 0.175. The van der Waals surface area contributed by atoms with Gasteiger partial charge in [-0.2, -0.15) is 0 Å². The summed E-state index contributed by atoms with van der Waals surface area (Å²) >= 11 is 3.44. The van der Waals surface area contributed by atoms with Crippen LogP contribution in [-0.4, -0.2) is 7.05 Å². The fourth-order valence-electron chi connectivity index (χ4n) is 2.04. The molecule has 0 aliphatic carbocycles. The molecule has 3 heteroatoms. The lowest BCUT2D eigenvalue weighted by Gasteiger charge is -2.13. The Morgan fingerprint density at radius 2 is 1.89 bits per heavy atom. The molecule has 2 aromatic rings. The van der Waals surface area contributed by atoms with E-state index in [0.29, 0.717) is 12.0 Å². The van der Waals surface area contributed by atoms with E-state index < -0.39 is 0 Å². The molecular formula is C15H15BrFN. The van der Waals surface area contributed by atoms with E-state index in [2.05, 4.69) is 21.2 Å². The fraction of sp³-hybridized carbons (Fsp3) is 0.200. The Labute approximate surface area is 115 Å². The Bertz CT molecular complexity index is 566. The first kappa shape index (κ1) is 13.1. The highest BCUT2D eigenvalue weighted by Crippen LogP contribution is 2.30. The third kappa shape index (κ3) is 2.56. The molecule has 0 aliphatic heterocycles. The van der Waals surface area contributed by atoms with Crippen LogP contribution in [0.4, 0.5) is 10.1 Å². The van der Waals surface area contributed by atoms with Crippen molar-refractivity contribution in [3.63, 3.8) is 0 Å². The van der Waals surface area contributed by atoms with Crippen LogP contribution in [0.1, 0.15) is 16.7 Å². The van der Waals surface area contributed by atoms with E-state index in [1.54, 1.807) is 13.1 Å². The van der Waals surface area contributed by atoms with Crippen molar-refractivity contribution in [3.8, 4) is 0 Å². The maximum atomic E-state index is 14.0. The van der Waals surface area contributed by atoms with Gasteiger partial charge < -0.3 is 5.32 Å². The summed E-state index contributed by atoms with van der Waals surface area (Å²) < 4.78 is 14.9. The van der Waals surface area contributed by atoms with Crippen molar-refractivity contribution in [2.45, 2.75) is 13.3 Å². The van der Waals surface area contributed by atoms with E-state index >= 15 is 0 Å². The van der Waals surface area contributed by atoms with Crippen LogP contribution in [0.2, 0.25) is 0 Å². The normalized spacial score (nSPS) is 10.4. The molecule has 0 heterocycles. The van der Waals surface area contributed by atoms with Crippen LogP contribution in [0, 0.1) is 12.7 Å². The Hall–Kier alpha value is -1.35. The molecule has 0 radical (unpaired) electrons. The molecule has 0 saturated carbocycles. The van der Waals surface area contributed by atoms with Crippen molar-refractivity contribution < 1.29 is 4.39 Å². The molecule has 0 atom stereocenters. The topological polar surface area (TPSA) is 12.0 Å². The number of benzene rings is 2. The van der Waals surface area contributed by atoms with Gasteiger partial charge >= 0.3 is 0 Å². The summed E-state index contributed by atoms with van der Waals surface area (Å²) in [6, 6.07) is 11.3. The first-order chi connectivity index (χ1) is 8.63. The van der Waals surface area contributed by atoms with Crippen LogP contribution < -0.4 is 5.32 Å². The second-order valence-corrected chi connectivity index (χ2v) is 5.09. The third-order valence-corrected chi connectivity index (χ3v) is 3.74. The molecule has 94 valence electrons. The smallest absolute Gasteiger partial charge is 0.128 e. The van der Waals surface area contributed by atoms with Gasteiger partial charge in [-0.3, -0.25) is 0 Å². The first-order valence-corrected chi connectivity index (χ1v) is 6.62. The number of anilines is 1. The predicted octanol–water partition coefficient (Wildman–Crippen LogP) is 4.53. The molecule has 0 bridgehead atoms. The lowest BCUT2D eigenvalue weighted by atomic mass is 9.99. The summed E-state index contributed by atoms with van der Waals surface area (Å²) in [6.45, 7) is 2.05. The van der Waals surface area contributed by atoms with Crippen molar-refractivity contribution in [2.24, 2.45) is 0 Å². The van der Waals surface area contributed by atoms with Gasteiger partial charge in [0.2, 0.25) is 0 Å². The summed E-state index contributed by atoms with van der Waals surface area (Å²) in [5.41, 5.74) is 3.84. The molecule has 0 fully saturated rings. The van der Waals surface area contributed by atoms with E-state index in [1.165, 1.54) is 11.6 Å². The van der Waals surface area contributed by atoms with E-state index in [-0.39, 0.29) is 5.82 Å². The second-order valence-electron chi connectivity index (χ2n) is 4.24. The largest absolute Gasteiger partial charge is 0.387 e. The summed E-state index contributed by atoms with van der Waals surface area (Å²) in [5, 5.41) is 3.06. The number of hydrogen-bond donors (Lipinski definition) is 1. The molecule has 0 saturated heterocycles. The molecule has 0 spiro atoms. The van der Waals surface area contributed by atoms with Crippen LogP contribution in [0.5, 0.6) is 0 Å². The van der Waals surface area contributed by atoms with Gasteiger partial charge in [0.15, 0.2) is 0 Å². The fourth-order valence-corrected chi connectivity index (χ4v) is 2.61. The lowest BCUT2D eigenvalue weighted by molar-refractivity contribution is 0.614. The summed E-state index contributed by atoms with van der Waals surface area (Å²) in [5.74, 6) is -0.175. The second kappa shape index (κ2) is 5.53. The quantitative estimate of drug-likeness (QED) is 0.878. The molecule has 18 heavy (non-hydrogen) atoms. The van der Waals surface area contributed by atoms with Gasteiger partial charge in [-0.25, -0.2) is 4.39 Å². The first-order valence-electron chi connectivity index (χ1n) is 5.82. The standard InChI is InChI=1S/C15H15BrFN/c1-10-5-3-4-6-11(10)9-12-14(17)8-7-13(16)15(12)18-2/h3-8,18H,9H2,1-2H3. The maximum absolute atomic E-state index is 14.0. The molecular weight excluding hydrogens is 293 g/mol. The van der Waals surface area contributed by atoms with Gasteiger partial charge in [0.05, 0.1) is 5.69 Å². The SMILES string of the molecule is CNc1c(Br)ccc(F)c1Cc1ccccc1C. The van der Waals surface area contributed by atoms with E-state index in [4.69, 9.17) is 0 Å². The highest BCUT2D eigenvalue weighted by Gasteiger charge is 2.12. The van der Waals surface area contributed by atoms with E-state index in [0.717, 1.165) is 15.7 Å². The molecule has 0 aromatic heterocycles. The van der Waals surface area contributed by atoms with Gasteiger partial charge in [-0.05, 0) is 46.1 Å². The van der Waals surface area contributed by atoms with Crippen LogP contribution in [0.3, 0.4) is 0 Å². The maximum Gasteiger partial charge on any atom is 0.128 e. The Kier molecular flexibility index (Phi) is 4.02. The average Bonchev–Trinajstić information content (AvgIpc) is 2.37. The van der Waals surface area contributed by atoms with Gasteiger partial charge in [-0.1, -0.05) is 24.3 Å². The molecule has 1 N–H and O–H groups in total. The van der Waals surface area contributed by atoms with Crippen molar-refractivity contribution in [1.29, 1.82) is 0 Å². The monoisotopic (exact) mass is 307 g/mol. The van der Waals surface area contributed by atoms with E-state index in [1.807, 2.05) is 31.2 Å². The van der Waals surface area contributed by atoms with Crippen molar-refractivity contribution in [2.75, 3.05) is 12.4 Å².